The van der Waals surface area contributed by atoms with Crippen LogP contribution >= 0.6 is 0 Å². The van der Waals surface area contributed by atoms with Gasteiger partial charge in [0.25, 0.3) is 5.91 Å². The molecule has 0 radical (unpaired) electrons. The van der Waals surface area contributed by atoms with Crippen LogP contribution in [0.4, 0.5) is 0 Å². The van der Waals surface area contributed by atoms with E-state index in [0.29, 0.717) is 37.5 Å². The van der Waals surface area contributed by atoms with Crippen molar-refractivity contribution in [3.05, 3.63) is 35.4 Å². The Labute approximate surface area is 125 Å². The van der Waals surface area contributed by atoms with Crippen LogP contribution in [0.3, 0.4) is 0 Å². The summed E-state index contributed by atoms with van der Waals surface area (Å²) in [7, 11) is 1.63. The Kier molecular flexibility index (Phi) is 8.89. The van der Waals surface area contributed by atoms with Gasteiger partial charge in [0.05, 0.1) is 13.2 Å². The van der Waals surface area contributed by atoms with E-state index in [1.165, 1.54) is 0 Å². The Balaban J connectivity index is 2.32. The maximum absolute atomic E-state index is 11.9. The third-order valence-electron chi connectivity index (χ3n) is 2.62. The summed E-state index contributed by atoms with van der Waals surface area (Å²) >= 11 is 0. The molecule has 0 fully saturated rings. The number of methoxy groups -OCH3 is 1. The van der Waals surface area contributed by atoms with Crippen LogP contribution in [0.1, 0.15) is 22.3 Å². The molecule has 2 N–H and O–H groups in total. The first-order valence-electron chi connectivity index (χ1n) is 6.82. The average molecular weight is 291 g/mol. The zero-order chi connectivity index (χ0) is 15.3. The van der Waals surface area contributed by atoms with E-state index in [9.17, 15) is 4.79 Å². The summed E-state index contributed by atoms with van der Waals surface area (Å²) in [4.78, 5) is 11.9. The van der Waals surface area contributed by atoms with E-state index < -0.39 is 0 Å². The molecule has 114 valence electrons. The molecule has 0 saturated heterocycles. The van der Waals surface area contributed by atoms with E-state index in [0.717, 1.165) is 6.42 Å². The van der Waals surface area contributed by atoms with Crippen molar-refractivity contribution in [3.8, 4) is 11.8 Å². The summed E-state index contributed by atoms with van der Waals surface area (Å²) in [5, 5.41) is 11.5. The first-order chi connectivity index (χ1) is 10.3. The molecule has 0 spiro atoms. The average Bonchev–Trinajstić information content (AvgIpc) is 2.52. The molecule has 1 aromatic rings. The number of hydrogen-bond donors (Lipinski definition) is 2. The molecule has 5 nitrogen and oxygen atoms in total. The highest BCUT2D eigenvalue weighted by Crippen LogP contribution is 2.04. The third-order valence-corrected chi connectivity index (χ3v) is 2.62. The minimum atomic E-state index is -0.195. The van der Waals surface area contributed by atoms with Crippen molar-refractivity contribution in [3.63, 3.8) is 0 Å². The molecule has 5 heteroatoms. The molecular weight excluding hydrogens is 270 g/mol. The lowest BCUT2D eigenvalue weighted by Crippen LogP contribution is -2.25. The maximum atomic E-state index is 11.9. The Bertz CT molecular complexity index is 491. The van der Waals surface area contributed by atoms with E-state index in [4.69, 9.17) is 14.6 Å². The molecule has 21 heavy (non-hydrogen) atoms. The number of rotatable bonds is 8. The summed E-state index contributed by atoms with van der Waals surface area (Å²) in [6.07, 6.45) is 0.749. The van der Waals surface area contributed by atoms with Crippen molar-refractivity contribution < 1.29 is 19.4 Å². The zero-order valence-electron chi connectivity index (χ0n) is 12.2. The molecule has 0 bridgehead atoms. The fraction of sp³-hybridized carbons (Fsp3) is 0.438. The second-order valence-corrected chi connectivity index (χ2v) is 4.26. The zero-order valence-corrected chi connectivity index (χ0v) is 12.2. The number of carbonyl (C=O) groups excluding carboxylic acids is 1. The molecule has 0 saturated carbocycles. The van der Waals surface area contributed by atoms with Crippen LogP contribution in [0.2, 0.25) is 0 Å². The minimum Gasteiger partial charge on any atom is -0.384 e. The van der Waals surface area contributed by atoms with E-state index in [2.05, 4.69) is 17.2 Å². The van der Waals surface area contributed by atoms with Crippen LogP contribution < -0.4 is 5.32 Å². The monoisotopic (exact) mass is 291 g/mol. The van der Waals surface area contributed by atoms with Crippen LogP contribution in [0, 0.1) is 11.8 Å². The molecule has 1 rings (SSSR count). The molecule has 0 aromatic heterocycles. The van der Waals surface area contributed by atoms with Crippen molar-refractivity contribution in [1.29, 1.82) is 0 Å². The molecule has 1 aromatic carbocycles. The lowest BCUT2D eigenvalue weighted by Gasteiger charge is -2.06. The van der Waals surface area contributed by atoms with Gasteiger partial charge in [-0.2, -0.15) is 0 Å². The van der Waals surface area contributed by atoms with E-state index in [1.807, 2.05) is 0 Å². The molecule has 0 atom stereocenters. The lowest BCUT2D eigenvalue weighted by atomic mass is 10.1. The number of nitrogens with one attached hydrogen (secondary N) is 1. The fourth-order valence-electron chi connectivity index (χ4n) is 1.60. The Morgan fingerprint density at radius 1 is 1.33 bits per heavy atom. The second kappa shape index (κ2) is 10.9. The molecular formula is C16H21NO4. The van der Waals surface area contributed by atoms with Gasteiger partial charge in [-0.05, 0) is 24.6 Å². The molecule has 0 unspecified atom stereocenters. The van der Waals surface area contributed by atoms with Crippen LogP contribution in [0.5, 0.6) is 0 Å². The topological polar surface area (TPSA) is 67.8 Å². The van der Waals surface area contributed by atoms with E-state index in [-0.39, 0.29) is 12.5 Å². The highest BCUT2D eigenvalue weighted by Gasteiger charge is 2.04. The standard InChI is InChI=1S/C16H21NO4/c1-20-11-12-21-10-4-8-17-16(19)15-7-2-5-14(13-15)6-3-9-18/h2,5,7,13,18H,4,8-12H2,1H3,(H,17,19). The van der Waals surface area contributed by atoms with Gasteiger partial charge in [-0.25, -0.2) is 0 Å². The molecule has 0 heterocycles. The first-order valence-corrected chi connectivity index (χ1v) is 6.82. The number of carbonyl (C=O) groups is 1. The van der Waals surface area contributed by atoms with Crippen molar-refractivity contribution in [2.75, 3.05) is 40.1 Å². The molecule has 0 aliphatic carbocycles. The number of ether oxygens (including phenoxy) is 2. The van der Waals surface area contributed by atoms with Gasteiger partial charge in [-0.3, -0.25) is 4.79 Å². The fourth-order valence-corrected chi connectivity index (χ4v) is 1.60. The number of benzene rings is 1. The van der Waals surface area contributed by atoms with Crippen molar-refractivity contribution in [2.24, 2.45) is 0 Å². The summed E-state index contributed by atoms with van der Waals surface area (Å²) in [6, 6.07) is 6.99. The number of aliphatic hydroxyl groups excluding tert-OH is 1. The number of hydrogen-bond acceptors (Lipinski definition) is 4. The van der Waals surface area contributed by atoms with Gasteiger partial charge in [0.15, 0.2) is 0 Å². The van der Waals surface area contributed by atoms with Crippen LogP contribution in [-0.2, 0) is 9.47 Å². The quantitative estimate of drug-likeness (QED) is 0.549. The minimum absolute atomic E-state index is 0.139. The van der Waals surface area contributed by atoms with Gasteiger partial charge in [0, 0.05) is 31.4 Å². The molecule has 0 aliphatic rings. The SMILES string of the molecule is COCCOCCCNC(=O)c1cccc(C#CCO)c1. The van der Waals surface area contributed by atoms with E-state index in [1.54, 1.807) is 31.4 Å². The van der Waals surface area contributed by atoms with Gasteiger partial charge in [0.1, 0.15) is 6.61 Å². The van der Waals surface area contributed by atoms with Crippen molar-refractivity contribution >= 4 is 5.91 Å². The predicted molar refractivity (Wildman–Crippen MR) is 80.1 cm³/mol. The van der Waals surface area contributed by atoms with Gasteiger partial charge in [-0.1, -0.05) is 17.9 Å². The van der Waals surface area contributed by atoms with E-state index >= 15 is 0 Å². The summed E-state index contributed by atoms with van der Waals surface area (Å²) in [5.41, 5.74) is 1.26. The van der Waals surface area contributed by atoms with Crippen LogP contribution in [0.15, 0.2) is 24.3 Å². The Morgan fingerprint density at radius 2 is 2.19 bits per heavy atom. The lowest BCUT2D eigenvalue weighted by molar-refractivity contribution is 0.0688. The van der Waals surface area contributed by atoms with Crippen LogP contribution in [0.25, 0.3) is 0 Å². The van der Waals surface area contributed by atoms with Crippen LogP contribution in [-0.4, -0.2) is 51.1 Å². The smallest absolute Gasteiger partial charge is 0.251 e. The van der Waals surface area contributed by atoms with Gasteiger partial charge < -0.3 is 19.9 Å². The molecule has 1 amide bonds. The van der Waals surface area contributed by atoms with Gasteiger partial charge in [-0.15, -0.1) is 0 Å². The van der Waals surface area contributed by atoms with Crippen molar-refractivity contribution in [1.82, 2.24) is 5.32 Å². The second-order valence-electron chi connectivity index (χ2n) is 4.26. The Hall–Kier alpha value is -1.87. The highest BCUT2D eigenvalue weighted by molar-refractivity contribution is 5.94. The number of amides is 1. The van der Waals surface area contributed by atoms with Crippen molar-refractivity contribution in [2.45, 2.75) is 6.42 Å². The maximum Gasteiger partial charge on any atom is 0.251 e. The largest absolute Gasteiger partial charge is 0.384 e. The molecule has 0 aliphatic heterocycles. The summed E-state index contributed by atoms with van der Waals surface area (Å²) < 4.78 is 10.2. The third kappa shape index (κ3) is 7.47. The predicted octanol–water partition coefficient (Wildman–Crippen LogP) is 0.813. The summed E-state index contributed by atoms with van der Waals surface area (Å²) in [5.74, 6) is 5.19. The van der Waals surface area contributed by atoms with Gasteiger partial charge in [0.2, 0.25) is 0 Å². The number of aliphatic hydroxyl groups is 1. The normalized spacial score (nSPS) is 9.81. The van der Waals surface area contributed by atoms with Gasteiger partial charge >= 0.3 is 0 Å². The highest BCUT2D eigenvalue weighted by atomic mass is 16.5. The summed E-state index contributed by atoms with van der Waals surface area (Å²) in [6.45, 7) is 2.09. The first kappa shape index (κ1) is 17.2. The Morgan fingerprint density at radius 3 is 2.95 bits per heavy atom.